The van der Waals surface area contributed by atoms with Crippen molar-refractivity contribution >= 4 is 27.8 Å². The van der Waals surface area contributed by atoms with E-state index in [1.54, 1.807) is 30.3 Å². The van der Waals surface area contributed by atoms with Crippen LogP contribution in [-0.4, -0.2) is 33.7 Å². The van der Waals surface area contributed by atoms with Gasteiger partial charge in [0.1, 0.15) is 12.3 Å². The molecule has 172 valence electrons. The summed E-state index contributed by atoms with van der Waals surface area (Å²) in [5, 5.41) is 3.97. The van der Waals surface area contributed by atoms with Gasteiger partial charge < -0.3 is 4.74 Å². The van der Waals surface area contributed by atoms with Gasteiger partial charge in [0.05, 0.1) is 23.4 Å². The smallest absolute Gasteiger partial charge is 0.264 e. The first-order valence-corrected chi connectivity index (χ1v) is 12.1. The second-order valence-corrected chi connectivity index (χ2v) is 8.96. The van der Waals surface area contributed by atoms with E-state index in [1.165, 1.54) is 18.3 Å². The number of hydrogen-bond acceptors (Lipinski definition) is 5. The summed E-state index contributed by atoms with van der Waals surface area (Å²) in [6.07, 6.45) is 2.11. The van der Waals surface area contributed by atoms with Gasteiger partial charge in [0.2, 0.25) is 0 Å². The molecule has 0 saturated heterocycles. The van der Waals surface area contributed by atoms with Crippen molar-refractivity contribution in [1.29, 1.82) is 0 Å². The Hall–Kier alpha value is -3.65. The molecule has 0 heterocycles. The highest BCUT2D eigenvalue weighted by atomic mass is 32.2. The van der Waals surface area contributed by atoms with E-state index in [0.29, 0.717) is 18.7 Å². The summed E-state index contributed by atoms with van der Waals surface area (Å²) in [5.41, 5.74) is 4.48. The van der Waals surface area contributed by atoms with Crippen molar-refractivity contribution in [3.63, 3.8) is 0 Å². The Morgan fingerprint density at radius 1 is 0.970 bits per heavy atom. The second kappa shape index (κ2) is 11.3. The van der Waals surface area contributed by atoms with Crippen molar-refractivity contribution in [3.05, 3.63) is 90.0 Å². The predicted molar refractivity (Wildman–Crippen MR) is 130 cm³/mol. The maximum absolute atomic E-state index is 13.4. The molecule has 0 radical (unpaired) electrons. The van der Waals surface area contributed by atoms with Gasteiger partial charge >= 0.3 is 0 Å². The number of para-hydroxylation sites is 1. The third kappa shape index (κ3) is 6.20. The number of ether oxygens (including phenoxy) is 1. The largest absolute Gasteiger partial charge is 0.494 e. The normalized spacial score (nSPS) is 11.3. The molecule has 8 heteroatoms. The molecule has 0 fully saturated rings. The van der Waals surface area contributed by atoms with E-state index in [1.807, 2.05) is 50.2 Å². The fourth-order valence-electron chi connectivity index (χ4n) is 3.23. The van der Waals surface area contributed by atoms with E-state index in [2.05, 4.69) is 10.5 Å². The van der Waals surface area contributed by atoms with Crippen LogP contribution in [0, 0.1) is 0 Å². The second-order valence-electron chi connectivity index (χ2n) is 7.10. The number of amides is 1. The van der Waals surface area contributed by atoms with E-state index in [9.17, 15) is 13.2 Å². The van der Waals surface area contributed by atoms with Crippen molar-refractivity contribution in [1.82, 2.24) is 5.43 Å². The predicted octanol–water partition coefficient (Wildman–Crippen LogP) is 3.99. The molecule has 1 amide bonds. The van der Waals surface area contributed by atoms with Crippen LogP contribution in [0.15, 0.2) is 88.9 Å². The van der Waals surface area contributed by atoms with Crippen molar-refractivity contribution < 1.29 is 17.9 Å². The van der Waals surface area contributed by atoms with Crippen LogP contribution in [-0.2, 0) is 21.2 Å². The Labute approximate surface area is 194 Å². The zero-order chi connectivity index (χ0) is 23.7. The number of nitrogens with one attached hydrogen (secondary N) is 1. The quantitative estimate of drug-likeness (QED) is 0.362. The van der Waals surface area contributed by atoms with Gasteiger partial charge in [-0.15, -0.1) is 0 Å². The van der Waals surface area contributed by atoms with E-state index >= 15 is 0 Å². The van der Waals surface area contributed by atoms with E-state index in [-0.39, 0.29) is 4.90 Å². The van der Waals surface area contributed by atoms with Crippen molar-refractivity contribution in [2.24, 2.45) is 5.10 Å². The number of hydrazone groups is 1. The molecule has 3 aromatic carbocycles. The van der Waals surface area contributed by atoms with Crippen LogP contribution in [0.3, 0.4) is 0 Å². The summed E-state index contributed by atoms with van der Waals surface area (Å²) in [7, 11) is -3.96. The Bertz CT molecular complexity index is 1190. The Kier molecular flexibility index (Phi) is 8.21. The van der Waals surface area contributed by atoms with Gasteiger partial charge in [-0.1, -0.05) is 43.3 Å². The van der Waals surface area contributed by atoms with Crippen LogP contribution in [0.2, 0.25) is 0 Å². The molecular weight excluding hydrogens is 438 g/mol. The number of aryl methyl sites for hydroxylation is 1. The highest BCUT2D eigenvalue weighted by Crippen LogP contribution is 2.27. The number of carbonyl (C=O) groups is 1. The minimum absolute atomic E-state index is 0.113. The maximum atomic E-state index is 13.4. The number of anilines is 1. The number of sulfonamides is 1. The maximum Gasteiger partial charge on any atom is 0.264 e. The average molecular weight is 466 g/mol. The fraction of sp³-hybridized carbons (Fsp3) is 0.200. The van der Waals surface area contributed by atoms with Crippen LogP contribution in [0.25, 0.3) is 0 Å². The Morgan fingerprint density at radius 3 is 2.30 bits per heavy atom. The number of carbonyl (C=O) groups excluding carboxylic acids is 1. The molecule has 0 spiro atoms. The highest BCUT2D eigenvalue weighted by Gasteiger charge is 2.28. The van der Waals surface area contributed by atoms with Crippen LogP contribution in [0.1, 0.15) is 25.0 Å². The molecular formula is C25H27N3O4S. The van der Waals surface area contributed by atoms with Gasteiger partial charge in [0.15, 0.2) is 0 Å². The lowest BCUT2D eigenvalue weighted by Crippen LogP contribution is -2.40. The molecule has 3 aromatic rings. The molecule has 3 rings (SSSR count). The topological polar surface area (TPSA) is 88.1 Å². The summed E-state index contributed by atoms with van der Waals surface area (Å²) in [4.78, 5) is 12.8. The zero-order valence-corrected chi connectivity index (χ0v) is 19.5. The number of hydrogen-bond donors (Lipinski definition) is 1. The molecule has 0 saturated carbocycles. The monoisotopic (exact) mass is 465 g/mol. The van der Waals surface area contributed by atoms with Crippen molar-refractivity contribution in [2.75, 3.05) is 17.5 Å². The average Bonchev–Trinajstić information content (AvgIpc) is 2.84. The van der Waals surface area contributed by atoms with E-state index in [4.69, 9.17) is 4.74 Å². The Balaban J connectivity index is 1.80. The number of rotatable bonds is 10. The van der Waals surface area contributed by atoms with Gasteiger partial charge in [0.25, 0.3) is 15.9 Å². The molecule has 7 nitrogen and oxygen atoms in total. The van der Waals surface area contributed by atoms with Crippen LogP contribution in [0.5, 0.6) is 5.75 Å². The molecule has 0 aliphatic rings. The molecule has 0 unspecified atom stereocenters. The summed E-state index contributed by atoms with van der Waals surface area (Å²) >= 11 is 0. The van der Waals surface area contributed by atoms with E-state index in [0.717, 1.165) is 21.2 Å². The number of nitrogens with zero attached hydrogens (tertiary/aromatic N) is 2. The van der Waals surface area contributed by atoms with Crippen LogP contribution >= 0.6 is 0 Å². The molecule has 0 atom stereocenters. The third-order valence-electron chi connectivity index (χ3n) is 4.85. The summed E-state index contributed by atoms with van der Waals surface area (Å²) in [5.74, 6) is 0.192. The van der Waals surface area contributed by atoms with Gasteiger partial charge in [-0.3, -0.25) is 9.10 Å². The van der Waals surface area contributed by atoms with Crippen LogP contribution in [0.4, 0.5) is 5.69 Å². The van der Waals surface area contributed by atoms with Gasteiger partial charge in [-0.2, -0.15) is 5.10 Å². The lowest BCUT2D eigenvalue weighted by molar-refractivity contribution is -0.119. The van der Waals surface area contributed by atoms with Crippen molar-refractivity contribution in [2.45, 2.75) is 25.2 Å². The first-order chi connectivity index (χ1) is 16.0. The molecule has 1 N–H and O–H groups in total. The van der Waals surface area contributed by atoms with Gasteiger partial charge in [-0.25, -0.2) is 13.8 Å². The number of benzene rings is 3. The zero-order valence-electron chi connectivity index (χ0n) is 18.6. The lowest BCUT2D eigenvalue weighted by atomic mass is 10.1. The molecule has 0 aliphatic carbocycles. The molecule has 0 aromatic heterocycles. The third-order valence-corrected chi connectivity index (χ3v) is 6.63. The first kappa shape index (κ1) is 24.0. The molecule has 33 heavy (non-hydrogen) atoms. The SMILES string of the molecule is CCOc1ccc(/C=N\NC(=O)CN(c2ccccc2CC)S(=O)(=O)c2ccccc2)cc1. The summed E-state index contributed by atoms with van der Waals surface area (Å²) < 4.78 is 33.4. The van der Waals surface area contributed by atoms with Crippen molar-refractivity contribution in [3.8, 4) is 5.75 Å². The molecule has 0 bridgehead atoms. The summed E-state index contributed by atoms with van der Waals surface area (Å²) in [6, 6.07) is 22.5. The Morgan fingerprint density at radius 2 is 1.64 bits per heavy atom. The summed E-state index contributed by atoms with van der Waals surface area (Å²) in [6.45, 7) is 4.01. The standard InChI is InChI=1S/C25H27N3O4S/c1-3-21-10-8-9-13-24(21)28(33(30,31)23-11-6-5-7-12-23)19-25(29)27-26-18-20-14-16-22(17-15-20)32-4-2/h5-18H,3-4,19H2,1-2H3,(H,27,29)/b26-18-. The minimum Gasteiger partial charge on any atom is -0.494 e. The van der Waals surface area contributed by atoms with Gasteiger partial charge in [0, 0.05) is 0 Å². The lowest BCUT2D eigenvalue weighted by Gasteiger charge is -2.25. The fourth-order valence-corrected chi connectivity index (χ4v) is 4.71. The minimum atomic E-state index is -3.96. The van der Waals surface area contributed by atoms with E-state index < -0.39 is 22.5 Å². The highest BCUT2D eigenvalue weighted by molar-refractivity contribution is 7.92. The van der Waals surface area contributed by atoms with Gasteiger partial charge in [-0.05, 0) is 66.9 Å². The first-order valence-electron chi connectivity index (χ1n) is 10.7. The van der Waals surface area contributed by atoms with Crippen LogP contribution < -0.4 is 14.5 Å². The molecule has 0 aliphatic heterocycles.